The molecule has 4 heteroatoms. The van der Waals surface area contributed by atoms with Crippen molar-refractivity contribution in [2.24, 2.45) is 0 Å². The highest BCUT2D eigenvalue weighted by Crippen LogP contribution is 2.55. The monoisotopic (exact) mass is 765 g/mol. The van der Waals surface area contributed by atoms with Crippen LogP contribution in [0, 0.1) is 0 Å². The van der Waals surface area contributed by atoms with Crippen molar-refractivity contribution in [3.63, 3.8) is 0 Å². The molecule has 1 aliphatic carbocycles. The van der Waals surface area contributed by atoms with Crippen molar-refractivity contribution >= 4 is 87.3 Å². The second-order valence-electron chi connectivity index (χ2n) is 15.9. The van der Waals surface area contributed by atoms with Gasteiger partial charge in [-0.05, 0) is 93.3 Å². The highest BCUT2D eigenvalue weighted by Gasteiger charge is 2.29. The van der Waals surface area contributed by atoms with Crippen LogP contribution in [-0.4, -0.2) is 14.1 Å². The number of nitrogens with zero attached hydrogens (tertiary/aromatic N) is 3. The normalized spacial score (nSPS) is 12.4. The van der Waals surface area contributed by atoms with E-state index in [1.165, 1.54) is 120 Å². The van der Waals surface area contributed by atoms with Gasteiger partial charge in [0.2, 0.25) is 0 Å². The van der Waals surface area contributed by atoms with Crippen molar-refractivity contribution in [1.82, 2.24) is 14.1 Å². The van der Waals surface area contributed by atoms with Gasteiger partial charge in [0.05, 0.1) is 38.3 Å². The van der Waals surface area contributed by atoms with Gasteiger partial charge in [0.25, 0.3) is 0 Å². The predicted molar refractivity (Wildman–Crippen MR) is 250 cm³/mol. The van der Waals surface area contributed by atoms with Crippen molar-refractivity contribution in [2.45, 2.75) is 0 Å². The molecule has 14 rings (SSSR count). The number of fused-ring (bicyclic) bond motifs is 9. The quantitative estimate of drug-likeness (QED) is 0.164. The minimum absolute atomic E-state index is 1.08. The summed E-state index contributed by atoms with van der Waals surface area (Å²) in [7, 11) is 0. The first-order valence-electron chi connectivity index (χ1n) is 20.2. The minimum atomic E-state index is 1.08. The maximum Gasteiger partial charge on any atom is 0.124 e. The van der Waals surface area contributed by atoms with E-state index < -0.39 is 0 Å². The zero-order valence-electron chi connectivity index (χ0n) is 31.6. The standard InChI is InChI=1S/C55H31N3S/c1-3-11-33(12-4-1)55-56-53-41-25-20-32-19-24-40-47(28-23-36-31-44(54(53)59-55)52(41)51(32)50(36)40)58-46-18-10-8-16-39(46)43-30-35(22-27-49(43)58)34-21-26-48-42(29-34)38-15-7-9-17-45(38)57(48)37-13-5-2-6-14-37/h1-31H. The Morgan fingerprint density at radius 2 is 0.983 bits per heavy atom. The van der Waals surface area contributed by atoms with Gasteiger partial charge in [-0.2, -0.15) is 0 Å². The fraction of sp³-hybridized carbons (Fsp3) is 0. The molecule has 3 nitrogen and oxygen atoms in total. The summed E-state index contributed by atoms with van der Waals surface area (Å²) in [6.45, 7) is 0. The Bertz CT molecular complexity index is 3890. The molecule has 0 unspecified atom stereocenters. The van der Waals surface area contributed by atoms with Crippen molar-refractivity contribution in [3.05, 3.63) is 188 Å². The zero-order valence-corrected chi connectivity index (χ0v) is 32.5. The average molecular weight is 766 g/mol. The molecule has 13 aromatic rings. The lowest BCUT2D eigenvalue weighted by atomic mass is 9.90. The summed E-state index contributed by atoms with van der Waals surface area (Å²) in [5.41, 5.74) is 14.5. The molecule has 0 amide bonds. The van der Waals surface area contributed by atoms with Crippen LogP contribution in [0.2, 0.25) is 0 Å². The van der Waals surface area contributed by atoms with Gasteiger partial charge in [-0.1, -0.05) is 127 Å². The van der Waals surface area contributed by atoms with Crippen LogP contribution in [0.1, 0.15) is 0 Å². The summed E-state index contributed by atoms with van der Waals surface area (Å²) in [6, 6.07) is 69.2. The summed E-state index contributed by atoms with van der Waals surface area (Å²) in [6.07, 6.45) is 0. The van der Waals surface area contributed by atoms with Crippen LogP contribution in [0.5, 0.6) is 0 Å². The summed E-state index contributed by atoms with van der Waals surface area (Å²) >= 11 is 1.81. The first-order valence-corrected chi connectivity index (χ1v) is 21.0. The molecule has 0 saturated carbocycles. The van der Waals surface area contributed by atoms with E-state index in [2.05, 4.69) is 197 Å². The second kappa shape index (κ2) is 11.5. The van der Waals surface area contributed by atoms with E-state index in [0.717, 1.165) is 10.7 Å². The van der Waals surface area contributed by atoms with E-state index in [0.29, 0.717) is 0 Å². The predicted octanol–water partition coefficient (Wildman–Crippen LogP) is 15.2. The smallest absolute Gasteiger partial charge is 0.124 e. The Morgan fingerprint density at radius 1 is 0.373 bits per heavy atom. The Labute approximate surface area is 342 Å². The molecule has 0 radical (unpaired) electrons. The Morgan fingerprint density at radius 3 is 1.73 bits per heavy atom. The van der Waals surface area contributed by atoms with Gasteiger partial charge in [0, 0.05) is 54.7 Å². The third-order valence-electron chi connectivity index (χ3n) is 12.8. The third-order valence-corrected chi connectivity index (χ3v) is 14.0. The van der Waals surface area contributed by atoms with Crippen LogP contribution in [0.25, 0.3) is 131 Å². The number of rotatable bonds is 4. The molecule has 0 fully saturated rings. The van der Waals surface area contributed by atoms with Crippen LogP contribution in [0.15, 0.2) is 188 Å². The molecular weight excluding hydrogens is 735 g/mol. The molecule has 3 aromatic heterocycles. The fourth-order valence-corrected chi connectivity index (χ4v) is 11.4. The van der Waals surface area contributed by atoms with Gasteiger partial charge < -0.3 is 9.13 Å². The van der Waals surface area contributed by atoms with Gasteiger partial charge >= 0.3 is 0 Å². The summed E-state index contributed by atoms with van der Waals surface area (Å²) < 4.78 is 4.87. The fourth-order valence-electron chi connectivity index (χ4n) is 10.3. The molecule has 3 heterocycles. The highest BCUT2D eigenvalue weighted by atomic mass is 32.1. The lowest BCUT2D eigenvalue weighted by molar-refractivity contribution is 1.18. The topological polar surface area (TPSA) is 22.8 Å². The Hall–Kier alpha value is -7.53. The van der Waals surface area contributed by atoms with Crippen molar-refractivity contribution in [3.8, 4) is 54.8 Å². The zero-order chi connectivity index (χ0) is 38.3. The number of thiazole rings is 1. The van der Waals surface area contributed by atoms with E-state index >= 15 is 0 Å². The van der Waals surface area contributed by atoms with Crippen molar-refractivity contribution in [2.75, 3.05) is 0 Å². The minimum Gasteiger partial charge on any atom is -0.309 e. The van der Waals surface area contributed by atoms with E-state index in [1.807, 2.05) is 11.3 Å². The molecule has 1 aliphatic rings. The summed E-state index contributed by atoms with van der Waals surface area (Å²) in [5, 5.41) is 13.9. The van der Waals surface area contributed by atoms with Crippen LogP contribution >= 0.6 is 11.3 Å². The van der Waals surface area contributed by atoms with E-state index in [4.69, 9.17) is 4.98 Å². The molecule has 10 aromatic carbocycles. The third kappa shape index (κ3) is 4.23. The Kier molecular flexibility index (Phi) is 6.17. The summed E-state index contributed by atoms with van der Waals surface area (Å²) in [5.74, 6) is 0. The number of hydrogen-bond acceptors (Lipinski definition) is 2. The molecule has 0 spiro atoms. The number of benzene rings is 10. The van der Waals surface area contributed by atoms with Gasteiger partial charge in [-0.25, -0.2) is 4.98 Å². The number of aromatic nitrogens is 3. The largest absolute Gasteiger partial charge is 0.309 e. The lowest BCUT2D eigenvalue weighted by Crippen LogP contribution is -1.97. The molecule has 272 valence electrons. The number of para-hydroxylation sites is 3. The molecule has 0 saturated heterocycles. The maximum absolute atomic E-state index is 5.25. The molecule has 0 aliphatic heterocycles. The van der Waals surface area contributed by atoms with E-state index in [1.54, 1.807) is 0 Å². The SMILES string of the molecule is c1ccc(-c2nc3c(s2)-c2cc4ccc(-n5c6ccccc6c6cc(-c7ccc8c(c7)c7ccccc7n8-c7ccccc7)ccc65)c5ccc6ccc-3c2c6c45)cc1. The molecular formula is C55H31N3S. The second-order valence-corrected chi connectivity index (χ2v) is 16.9. The van der Waals surface area contributed by atoms with Crippen molar-refractivity contribution in [1.29, 1.82) is 0 Å². The highest BCUT2D eigenvalue weighted by molar-refractivity contribution is 7.19. The van der Waals surface area contributed by atoms with E-state index in [-0.39, 0.29) is 0 Å². The van der Waals surface area contributed by atoms with Gasteiger partial charge in [0.1, 0.15) is 5.01 Å². The maximum atomic E-state index is 5.25. The van der Waals surface area contributed by atoms with Gasteiger partial charge in [-0.3, -0.25) is 0 Å². The van der Waals surface area contributed by atoms with E-state index in [9.17, 15) is 0 Å². The molecule has 0 bridgehead atoms. The molecule has 0 N–H and O–H groups in total. The summed E-state index contributed by atoms with van der Waals surface area (Å²) in [4.78, 5) is 6.53. The van der Waals surface area contributed by atoms with Crippen LogP contribution in [0.3, 0.4) is 0 Å². The van der Waals surface area contributed by atoms with Gasteiger partial charge in [-0.15, -0.1) is 11.3 Å². The van der Waals surface area contributed by atoms with Crippen molar-refractivity contribution < 1.29 is 0 Å². The number of hydrogen-bond donors (Lipinski definition) is 0. The van der Waals surface area contributed by atoms with Crippen LogP contribution < -0.4 is 0 Å². The first kappa shape index (κ1) is 31.5. The van der Waals surface area contributed by atoms with Gasteiger partial charge in [0.15, 0.2) is 0 Å². The van der Waals surface area contributed by atoms with Crippen LogP contribution in [0.4, 0.5) is 0 Å². The molecule has 0 atom stereocenters. The lowest BCUT2D eigenvalue weighted by Gasteiger charge is -2.17. The Balaban J connectivity index is 0.956. The average Bonchev–Trinajstić information content (AvgIpc) is 4.05. The van der Waals surface area contributed by atoms with Crippen LogP contribution in [-0.2, 0) is 0 Å². The molecule has 59 heavy (non-hydrogen) atoms. The first-order chi connectivity index (χ1) is 29.3.